The van der Waals surface area contributed by atoms with Gasteiger partial charge in [0.1, 0.15) is 5.75 Å². The number of benzene rings is 1. The zero-order valence-electron chi connectivity index (χ0n) is 9.70. The monoisotopic (exact) mass is 257 g/mol. The van der Waals surface area contributed by atoms with Crippen LogP contribution in [0.25, 0.3) is 0 Å². The Morgan fingerprint density at radius 1 is 1.17 bits per heavy atom. The first-order valence-electron chi connectivity index (χ1n) is 5.82. The molecular formula is C13H14F3NO. The number of nitrogens with one attached hydrogen (secondary N) is 1. The minimum Gasteiger partial charge on any atom is -0.406 e. The van der Waals surface area contributed by atoms with E-state index in [2.05, 4.69) is 22.2 Å². The number of hydrogen-bond acceptors (Lipinski definition) is 2. The smallest absolute Gasteiger partial charge is 0.406 e. The highest BCUT2D eigenvalue weighted by Crippen LogP contribution is 2.24. The highest BCUT2D eigenvalue weighted by atomic mass is 19.4. The van der Waals surface area contributed by atoms with Crippen molar-refractivity contribution in [1.29, 1.82) is 0 Å². The van der Waals surface area contributed by atoms with Gasteiger partial charge in [-0.2, -0.15) is 0 Å². The molecule has 2 nitrogen and oxygen atoms in total. The lowest BCUT2D eigenvalue weighted by atomic mass is 10.0. The largest absolute Gasteiger partial charge is 0.573 e. The van der Waals surface area contributed by atoms with E-state index in [1.807, 2.05) is 0 Å². The van der Waals surface area contributed by atoms with E-state index in [1.54, 1.807) is 12.1 Å². The maximum absolute atomic E-state index is 12.0. The van der Waals surface area contributed by atoms with Crippen molar-refractivity contribution in [3.63, 3.8) is 0 Å². The average Bonchev–Trinajstić information content (AvgIpc) is 2.31. The molecule has 98 valence electrons. The van der Waals surface area contributed by atoms with Gasteiger partial charge in [0, 0.05) is 11.7 Å². The van der Waals surface area contributed by atoms with Gasteiger partial charge in [0.25, 0.3) is 0 Å². The first-order valence-corrected chi connectivity index (χ1v) is 5.82. The quantitative estimate of drug-likeness (QED) is 0.823. The number of alkyl halides is 3. The summed E-state index contributed by atoms with van der Waals surface area (Å²) in [6, 6.07) is 6.05. The molecule has 1 aliphatic rings. The van der Waals surface area contributed by atoms with Crippen LogP contribution in [0.5, 0.6) is 5.75 Å². The Kier molecular flexibility index (Phi) is 3.79. The van der Waals surface area contributed by atoms with Gasteiger partial charge in [0.05, 0.1) is 0 Å². The molecule has 1 aromatic carbocycles. The van der Waals surface area contributed by atoms with Gasteiger partial charge in [0.2, 0.25) is 0 Å². The van der Waals surface area contributed by atoms with Crippen molar-refractivity contribution in [3.05, 3.63) is 36.4 Å². The number of rotatable bonds is 3. The van der Waals surface area contributed by atoms with Gasteiger partial charge < -0.3 is 10.1 Å². The van der Waals surface area contributed by atoms with Crippen molar-refractivity contribution in [1.82, 2.24) is 0 Å². The molecule has 0 aromatic heterocycles. The van der Waals surface area contributed by atoms with Crippen LogP contribution in [-0.2, 0) is 0 Å². The lowest BCUT2D eigenvalue weighted by molar-refractivity contribution is -0.274. The lowest BCUT2D eigenvalue weighted by Gasteiger charge is -2.19. The number of ether oxygens (including phenoxy) is 1. The zero-order chi connectivity index (χ0) is 13.0. The maximum atomic E-state index is 12.0. The fourth-order valence-corrected chi connectivity index (χ4v) is 1.90. The Labute approximate surface area is 103 Å². The van der Waals surface area contributed by atoms with Crippen LogP contribution < -0.4 is 10.1 Å². The highest BCUT2D eigenvalue weighted by Gasteiger charge is 2.30. The molecule has 0 bridgehead atoms. The number of anilines is 1. The summed E-state index contributed by atoms with van der Waals surface area (Å²) in [7, 11) is 0. The van der Waals surface area contributed by atoms with Crippen LogP contribution in [0.4, 0.5) is 18.9 Å². The third kappa shape index (κ3) is 3.98. The van der Waals surface area contributed by atoms with Crippen LogP contribution in [0.3, 0.4) is 0 Å². The van der Waals surface area contributed by atoms with Crippen molar-refractivity contribution in [2.75, 3.05) is 5.32 Å². The summed E-state index contributed by atoms with van der Waals surface area (Å²) < 4.78 is 39.7. The molecule has 1 N–H and O–H groups in total. The van der Waals surface area contributed by atoms with E-state index in [4.69, 9.17) is 0 Å². The predicted molar refractivity (Wildman–Crippen MR) is 63.5 cm³/mol. The first-order chi connectivity index (χ1) is 8.53. The zero-order valence-corrected chi connectivity index (χ0v) is 9.70. The Hall–Kier alpha value is -1.65. The summed E-state index contributed by atoms with van der Waals surface area (Å²) in [5.41, 5.74) is 0.793. The lowest BCUT2D eigenvalue weighted by Crippen LogP contribution is -2.19. The molecule has 0 amide bonds. The molecule has 0 radical (unpaired) electrons. The van der Waals surface area contributed by atoms with Crippen LogP contribution >= 0.6 is 0 Å². The minimum absolute atomic E-state index is 0.202. The predicted octanol–water partition coefficient (Wildman–Crippen LogP) is 4.11. The third-order valence-corrected chi connectivity index (χ3v) is 2.69. The summed E-state index contributed by atoms with van der Waals surface area (Å²) >= 11 is 0. The first kappa shape index (κ1) is 12.8. The minimum atomic E-state index is -4.64. The molecule has 0 aliphatic heterocycles. The molecule has 1 aliphatic carbocycles. The van der Waals surface area contributed by atoms with Gasteiger partial charge in [-0.15, -0.1) is 13.2 Å². The molecular weight excluding hydrogens is 243 g/mol. The van der Waals surface area contributed by atoms with E-state index in [1.165, 1.54) is 12.1 Å². The summed E-state index contributed by atoms with van der Waals surface area (Å²) in [6.45, 7) is 0. The van der Waals surface area contributed by atoms with Gasteiger partial charge in [0.15, 0.2) is 0 Å². The van der Waals surface area contributed by atoms with E-state index in [-0.39, 0.29) is 11.8 Å². The summed E-state index contributed by atoms with van der Waals surface area (Å²) in [5, 5.41) is 3.25. The van der Waals surface area contributed by atoms with Crippen molar-refractivity contribution < 1.29 is 17.9 Å². The second kappa shape index (κ2) is 5.33. The Balaban J connectivity index is 1.95. The third-order valence-electron chi connectivity index (χ3n) is 2.69. The van der Waals surface area contributed by atoms with E-state index in [0.29, 0.717) is 0 Å². The average molecular weight is 257 g/mol. The molecule has 5 heteroatoms. The normalized spacial score (nSPS) is 19.6. The molecule has 0 fully saturated rings. The van der Waals surface area contributed by atoms with E-state index >= 15 is 0 Å². The summed E-state index contributed by atoms with van der Waals surface area (Å²) in [5.74, 6) is -0.202. The van der Waals surface area contributed by atoms with E-state index in [0.717, 1.165) is 24.9 Å². The molecule has 0 heterocycles. The van der Waals surface area contributed by atoms with Gasteiger partial charge in [-0.3, -0.25) is 0 Å². The highest BCUT2D eigenvalue weighted by molar-refractivity contribution is 5.48. The fourth-order valence-electron chi connectivity index (χ4n) is 1.90. The fraction of sp³-hybridized carbons (Fsp3) is 0.385. The van der Waals surface area contributed by atoms with Crippen LogP contribution in [0, 0.1) is 0 Å². The summed E-state index contributed by atoms with van der Waals surface area (Å²) in [6.07, 6.45) is 2.82. The SMILES string of the molecule is FC(F)(F)Oc1ccc(NC2C=CCCC2)cc1. The molecule has 0 saturated heterocycles. The van der Waals surface area contributed by atoms with Gasteiger partial charge >= 0.3 is 6.36 Å². The second-order valence-corrected chi connectivity index (χ2v) is 4.18. The van der Waals surface area contributed by atoms with Gasteiger partial charge in [-0.25, -0.2) is 0 Å². The Morgan fingerprint density at radius 3 is 2.44 bits per heavy atom. The molecule has 18 heavy (non-hydrogen) atoms. The van der Waals surface area contributed by atoms with E-state index in [9.17, 15) is 13.2 Å². The van der Waals surface area contributed by atoms with Crippen LogP contribution in [-0.4, -0.2) is 12.4 Å². The van der Waals surface area contributed by atoms with Crippen molar-refractivity contribution >= 4 is 5.69 Å². The van der Waals surface area contributed by atoms with E-state index < -0.39 is 6.36 Å². The standard InChI is InChI=1S/C13H14F3NO/c14-13(15,16)18-12-8-6-11(7-9-12)17-10-4-2-1-3-5-10/h2,4,6-10,17H,1,3,5H2. The van der Waals surface area contributed by atoms with Crippen LogP contribution in [0.1, 0.15) is 19.3 Å². The summed E-state index contributed by atoms with van der Waals surface area (Å²) in [4.78, 5) is 0. The molecule has 0 saturated carbocycles. The Morgan fingerprint density at radius 2 is 1.89 bits per heavy atom. The molecule has 1 unspecified atom stereocenters. The van der Waals surface area contributed by atoms with Crippen LogP contribution in [0.2, 0.25) is 0 Å². The topological polar surface area (TPSA) is 21.3 Å². The van der Waals surface area contributed by atoms with Gasteiger partial charge in [-0.1, -0.05) is 12.2 Å². The Bertz CT molecular complexity index is 411. The number of hydrogen-bond donors (Lipinski definition) is 1. The van der Waals surface area contributed by atoms with Crippen molar-refractivity contribution in [2.45, 2.75) is 31.7 Å². The maximum Gasteiger partial charge on any atom is 0.573 e. The molecule has 1 atom stereocenters. The van der Waals surface area contributed by atoms with Crippen LogP contribution in [0.15, 0.2) is 36.4 Å². The number of halogens is 3. The van der Waals surface area contributed by atoms with Crippen molar-refractivity contribution in [2.24, 2.45) is 0 Å². The second-order valence-electron chi connectivity index (χ2n) is 4.18. The molecule has 2 rings (SSSR count). The molecule has 1 aromatic rings. The number of allylic oxidation sites excluding steroid dienone is 1. The van der Waals surface area contributed by atoms with Gasteiger partial charge in [-0.05, 0) is 43.5 Å². The van der Waals surface area contributed by atoms with Crippen molar-refractivity contribution in [3.8, 4) is 5.75 Å². The molecule has 0 spiro atoms.